The van der Waals surface area contributed by atoms with Crippen molar-refractivity contribution in [2.75, 3.05) is 19.7 Å². The van der Waals surface area contributed by atoms with Crippen molar-refractivity contribution in [2.45, 2.75) is 19.1 Å². The van der Waals surface area contributed by atoms with Crippen LogP contribution in [-0.2, 0) is 4.74 Å². The van der Waals surface area contributed by atoms with Crippen LogP contribution in [0.4, 0.5) is 0 Å². The number of nitrogens with zero attached hydrogens (tertiary/aromatic N) is 1. The summed E-state index contributed by atoms with van der Waals surface area (Å²) < 4.78 is 10.9. The zero-order chi connectivity index (χ0) is 11.4. The highest BCUT2D eigenvalue weighted by atomic mass is 16.5. The van der Waals surface area contributed by atoms with Gasteiger partial charge in [-0.15, -0.1) is 0 Å². The predicted octanol–water partition coefficient (Wildman–Crippen LogP) is -0.474. The quantitative estimate of drug-likeness (QED) is 0.727. The Kier molecular flexibility index (Phi) is 3.53. The molecule has 6 heteroatoms. The third kappa shape index (κ3) is 2.80. The number of aromatic nitrogens is 2. The molecule has 16 heavy (non-hydrogen) atoms. The zero-order valence-corrected chi connectivity index (χ0v) is 9.10. The first-order valence-electron chi connectivity index (χ1n) is 5.28. The number of ether oxygens (including phenoxy) is 2. The molecule has 2 heterocycles. The number of rotatable bonds is 3. The molecule has 0 radical (unpaired) electrons. The van der Waals surface area contributed by atoms with Gasteiger partial charge in [0.15, 0.2) is 0 Å². The maximum absolute atomic E-state index is 11.3. The van der Waals surface area contributed by atoms with E-state index in [4.69, 9.17) is 9.47 Å². The van der Waals surface area contributed by atoms with Gasteiger partial charge in [0.2, 0.25) is 0 Å². The molecule has 0 bridgehead atoms. The molecule has 2 atom stereocenters. The lowest BCUT2D eigenvalue weighted by Gasteiger charge is -2.28. The number of H-pyrrole nitrogens is 1. The van der Waals surface area contributed by atoms with Crippen molar-refractivity contribution in [1.82, 2.24) is 15.3 Å². The summed E-state index contributed by atoms with van der Waals surface area (Å²) in [4.78, 5) is 17.6. The van der Waals surface area contributed by atoms with E-state index in [1.54, 1.807) is 0 Å². The highest BCUT2D eigenvalue weighted by molar-refractivity contribution is 5.02. The van der Waals surface area contributed by atoms with Crippen LogP contribution in [0.3, 0.4) is 0 Å². The lowest BCUT2D eigenvalue weighted by molar-refractivity contribution is -0.0478. The van der Waals surface area contributed by atoms with Crippen LogP contribution in [0.2, 0.25) is 0 Å². The van der Waals surface area contributed by atoms with Gasteiger partial charge in [0.25, 0.3) is 5.88 Å². The van der Waals surface area contributed by atoms with Gasteiger partial charge in [-0.2, -0.15) is 0 Å². The Morgan fingerprint density at radius 1 is 1.62 bits per heavy atom. The molecule has 6 nitrogen and oxygen atoms in total. The van der Waals surface area contributed by atoms with E-state index >= 15 is 0 Å². The second kappa shape index (κ2) is 5.09. The second-order valence-electron chi connectivity index (χ2n) is 3.76. The smallest absolute Gasteiger partial charge is 0.310 e. The molecule has 0 saturated carbocycles. The van der Waals surface area contributed by atoms with Crippen LogP contribution in [0.15, 0.2) is 17.2 Å². The summed E-state index contributed by atoms with van der Waals surface area (Å²) in [6.45, 7) is 3.90. The molecule has 2 rings (SSSR count). The molecular formula is C10H15N3O3. The number of morpholine rings is 1. The number of nitrogens with one attached hydrogen (secondary N) is 2. The Morgan fingerprint density at radius 2 is 2.50 bits per heavy atom. The van der Waals surface area contributed by atoms with E-state index in [2.05, 4.69) is 15.3 Å². The van der Waals surface area contributed by atoms with Gasteiger partial charge in [0.05, 0.1) is 6.10 Å². The summed E-state index contributed by atoms with van der Waals surface area (Å²) in [5.74, 6) is 0.0873. The first kappa shape index (κ1) is 11.1. The zero-order valence-electron chi connectivity index (χ0n) is 9.10. The molecule has 0 aliphatic carbocycles. The molecule has 1 aliphatic rings. The van der Waals surface area contributed by atoms with Gasteiger partial charge >= 0.3 is 5.56 Å². The van der Waals surface area contributed by atoms with Crippen LogP contribution in [0.25, 0.3) is 0 Å². The van der Waals surface area contributed by atoms with Crippen molar-refractivity contribution >= 4 is 0 Å². The molecule has 0 aromatic carbocycles. The maximum Gasteiger partial charge on any atom is 0.310 e. The fraction of sp³-hybridized carbons (Fsp3) is 0.600. The molecule has 2 N–H and O–H groups in total. The third-order valence-electron chi connectivity index (χ3n) is 2.31. The lowest BCUT2D eigenvalue weighted by atomic mass is 10.2. The standard InChI is InChI=1S/C10H15N3O3/c1-7-4-11-5-8(16-7)6-15-10-9(14)12-2-3-13-10/h2-3,7-8,11H,4-6H2,1H3,(H,12,14). The van der Waals surface area contributed by atoms with Crippen LogP contribution in [0, 0.1) is 0 Å². The molecule has 1 aliphatic heterocycles. The molecule has 88 valence electrons. The normalized spacial score (nSPS) is 25.3. The summed E-state index contributed by atoms with van der Waals surface area (Å²) in [5, 5.41) is 3.22. The summed E-state index contributed by atoms with van der Waals surface area (Å²) in [5.41, 5.74) is -0.320. The van der Waals surface area contributed by atoms with Crippen LogP contribution in [0.1, 0.15) is 6.92 Å². The van der Waals surface area contributed by atoms with Crippen molar-refractivity contribution in [3.05, 3.63) is 22.7 Å². The van der Waals surface area contributed by atoms with Gasteiger partial charge in [0, 0.05) is 25.5 Å². The van der Waals surface area contributed by atoms with Gasteiger partial charge in [0.1, 0.15) is 12.7 Å². The summed E-state index contributed by atoms with van der Waals surface area (Å²) >= 11 is 0. The van der Waals surface area contributed by atoms with Crippen molar-refractivity contribution in [2.24, 2.45) is 0 Å². The Balaban J connectivity index is 1.87. The Bertz CT molecular complexity index is 393. The first-order chi connectivity index (χ1) is 7.75. The summed E-state index contributed by atoms with van der Waals surface area (Å²) in [6, 6.07) is 0. The Labute approximate surface area is 93.0 Å². The van der Waals surface area contributed by atoms with Crippen LogP contribution in [0.5, 0.6) is 5.88 Å². The van der Waals surface area contributed by atoms with E-state index < -0.39 is 0 Å². The second-order valence-corrected chi connectivity index (χ2v) is 3.76. The van der Waals surface area contributed by atoms with E-state index in [-0.39, 0.29) is 23.6 Å². The van der Waals surface area contributed by atoms with Crippen molar-refractivity contribution in [3.63, 3.8) is 0 Å². The van der Waals surface area contributed by atoms with E-state index in [0.29, 0.717) is 6.61 Å². The molecule has 0 amide bonds. The van der Waals surface area contributed by atoms with Gasteiger partial charge in [-0.05, 0) is 6.92 Å². The van der Waals surface area contributed by atoms with Gasteiger partial charge < -0.3 is 19.8 Å². The van der Waals surface area contributed by atoms with E-state index in [1.807, 2.05) is 6.92 Å². The van der Waals surface area contributed by atoms with Gasteiger partial charge in [-0.1, -0.05) is 0 Å². The largest absolute Gasteiger partial charge is 0.471 e. The number of hydrogen-bond donors (Lipinski definition) is 2. The van der Waals surface area contributed by atoms with Crippen molar-refractivity contribution < 1.29 is 9.47 Å². The molecule has 1 aromatic rings. The van der Waals surface area contributed by atoms with E-state index in [9.17, 15) is 4.79 Å². The molecule has 0 spiro atoms. The SMILES string of the molecule is CC1CNCC(COc2ncc[nH]c2=O)O1. The highest BCUT2D eigenvalue weighted by Gasteiger charge is 2.19. The van der Waals surface area contributed by atoms with E-state index in [1.165, 1.54) is 12.4 Å². The molecule has 1 aromatic heterocycles. The Hall–Kier alpha value is -1.40. The van der Waals surface area contributed by atoms with Crippen molar-refractivity contribution in [3.8, 4) is 5.88 Å². The van der Waals surface area contributed by atoms with Crippen LogP contribution < -0.4 is 15.6 Å². The fourth-order valence-electron chi connectivity index (χ4n) is 1.58. The Morgan fingerprint density at radius 3 is 3.25 bits per heavy atom. The first-order valence-corrected chi connectivity index (χ1v) is 5.28. The van der Waals surface area contributed by atoms with E-state index in [0.717, 1.165) is 13.1 Å². The van der Waals surface area contributed by atoms with Crippen LogP contribution >= 0.6 is 0 Å². The molecule has 2 unspecified atom stereocenters. The maximum atomic E-state index is 11.3. The van der Waals surface area contributed by atoms with Gasteiger partial charge in [-0.25, -0.2) is 4.98 Å². The highest BCUT2D eigenvalue weighted by Crippen LogP contribution is 2.04. The lowest BCUT2D eigenvalue weighted by Crippen LogP contribution is -2.46. The summed E-state index contributed by atoms with van der Waals surface area (Å²) in [6.07, 6.45) is 3.09. The topological polar surface area (TPSA) is 76.2 Å². The van der Waals surface area contributed by atoms with Gasteiger partial charge in [-0.3, -0.25) is 4.79 Å². The summed E-state index contributed by atoms with van der Waals surface area (Å²) in [7, 11) is 0. The monoisotopic (exact) mass is 225 g/mol. The minimum atomic E-state index is -0.320. The third-order valence-corrected chi connectivity index (χ3v) is 2.31. The average Bonchev–Trinajstić information content (AvgIpc) is 2.28. The number of hydrogen-bond acceptors (Lipinski definition) is 5. The molecular weight excluding hydrogens is 210 g/mol. The molecule has 1 fully saturated rings. The minimum Gasteiger partial charge on any atom is -0.471 e. The van der Waals surface area contributed by atoms with Crippen molar-refractivity contribution in [1.29, 1.82) is 0 Å². The molecule has 1 saturated heterocycles. The van der Waals surface area contributed by atoms with Crippen LogP contribution in [-0.4, -0.2) is 41.9 Å². The predicted molar refractivity (Wildman–Crippen MR) is 57.6 cm³/mol. The minimum absolute atomic E-state index is 0.0369. The average molecular weight is 225 g/mol. The number of aromatic amines is 1. The fourth-order valence-corrected chi connectivity index (χ4v) is 1.58.